The van der Waals surface area contributed by atoms with Crippen LogP contribution in [-0.2, 0) is 21.0 Å². The van der Waals surface area contributed by atoms with Crippen LogP contribution in [0.2, 0.25) is 5.02 Å². The Morgan fingerprint density at radius 2 is 1.71 bits per heavy atom. The minimum Gasteiger partial charge on any atom is -0.486 e. The summed E-state index contributed by atoms with van der Waals surface area (Å²) in [5.41, 5.74) is 1.61. The van der Waals surface area contributed by atoms with Gasteiger partial charge in [-0.2, -0.15) is 18.3 Å². The highest BCUT2D eigenvalue weighted by Gasteiger charge is 2.35. The summed E-state index contributed by atoms with van der Waals surface area (Å²) < 4.78 is 78.8. The third-order valence-electron chi connectivity index (χ3n) is 5.47. The van der Waals surface area contributed by atoms with Crippen LogP contribution in [0.4, 0.5) is 18.9 Å². The Kier molecular flexibility index (Phi) is 7.83. The Morgan fingerprint density at radius 1 is 1.03 bits per heavy atom. The second-order valence-corrected chi connectivity index (χ2v) is 10.3. The third-order valence-corrected chi connectivity index (χ3v) is 7.59. The molecular weight excluding hydrogens is 547 g/mol. The summed E-state index contributed by atoms with van der Waals surface area (Å²) in [6.45, 7) is 1.57. The minimum absolute atomic E-state index is 0.215. The van der Waals surface area contributed by atoms with Gasteiger partial charge in [0.1, 0.15) is 19.8 Å². The number of anilines is 1. The third kappa shape index (κ3) is 6.03. The average Bonchev–Trinajstić information content (AvgIpc) is 2.90. The molecule has 13 heteroatoms. The van der Waals surface area contributed by atoms with Gasteiger partial charge in [0.25, 0.3) is 15.9 Å². The molecule has 0 atom stereocenters. The van der Waals surface area contributed by atoms with Crippen LogP contribution in [0.1, 0.15) is 18.1 Å². The molecule has 1 aliphatic heterocycles. The molecule has 0 fully saturated rings. The van der Waals surface area contributed by atoms with E-state index >= 15 is 0 Å². The van der Waals surface area contributed by atoms with Gasteiger partial charge >= 0.3 is 6.18 Å². The van der Waals surface area contributed by atoms with Gasteiger partial charge in [0, 0.05) is 5.56 Å². The number of amides is 1. The van der Waals surface area contributed by atoms with Crippen LogP contribution in [0.5, 0.6) is 11.5 Å². The summed E-state index contributed by atoms with van der Waals surface area (Å²) in [6.07, 6.45) is -4.84. The van der Waals surface area contributed by atoms with Crippen LogP contribution in [-0.4, -0.2) is 39.8 Å². The summed E-state index contributed by atoms with van der Waals surface area (Å²) in [6, 6.07) is 14.7. The van der Waals surface area contributed by atoms with Crippen LogP contribution in [0, 0.1) is 0 Å². The molecule has 38 heavy (non-hydrogen) atoms. The smallest absolute Gasteiger partial charge is 0.417 e. The van der Waals surface area contributed by atoms with Crippen molar-refractivity contribution in [2.45, 2.75) is 18.0 Å². The van der Waals surface area contributed by atoms with E-state index in [2.05, 4.69) is 10.5 Å². The van der Waals surface area contributed by atoms with Crippen molar-refractivity contribution in [3.8, 4) is 11.5 Å². The molecule has 0 radical (unpaired) electrons. The highest BCUT2D eigenvalue weighted by atomic mass is 35.5. The first-order valence-corrected chi connectivity index (χ1v) is 13.0. The number of sulfonamides is 1. The van der Waals surface area contributed by atoms with E-state index in [4.69, 9.17) is 21.1 Å². The van der Waals surface area contributed by atoms with Gasteiger partial charge in [0.15, 0.2) is 11.5 Å². The summed E-state index contributed by atoms with van der Waals surface area (Å²) in [7, 11) is -4.44. The van der Waals surface area contributed by atoms with Gasteiger partial charge in [0.2, 0.25) is 0 Å². The van der Waals surface area contributed by atoms with E-state index in [9.17, 15) is 26.4 Å². The maximum atomic E-state index is 13.5. The maximum absolute atomic E-state index is 13.5. The fraction of sp³-hybridized carbons (Fsp3) is 0.200. The number of nitrogens with zero attached hydrogens (tertiary/aromatic N) is 2. The van der Waals surface area contributed by atoms with Crippen molar-refractivity contribution in [2.75, 3.05) is 24.1 Å². The average molecular weight is 568 g/mol. The number of hydrogen-bond donors (Lipinski definition) is 1. The fourth-order valence-electron chi connectivity index (χ4n) is 3.57. The van der Waals surface area contributed by atoms with Crippen molar-refractivity contribution in [1.29, 1.82) is 0 Å². The summed E-state index contributed by atoms with van der Waals surface area (Å²) in [5.74, 6) is 0.197. The second kappa shape index (κ2) is 10.9. The number of alkyl halides is 3. The zero-order valence-electron chi connectivity index (χ0n) is 19.8. The molecule has 1 N–H and O–H groups in total. The molecule has 0 aliphatic carbocycles. The van der Waals surface area contributed by atoms with E-state index in [-0.39, 0.29) is 4.90 Å². The maximum Gasteiger partial charge on any atom is 0.417 e. The highest BCUT2D eigenvalue weighted by molar-refractivity contribution is 7.92. The van der Waals surface area contributed by atoms with Crippen molar-refractivity contribution in [3.63, 3.8) is 0 Å². The molecule has 4 rings (SSSR count). The van der Waals surface area contributed by atoms with E-state index in [1.165, 1.54) is 24.3 Å². The first-order valence-electron chi connectivity index (χ1n) is 11.1. The Labute approximate surface area is 221 Å². The zero-order chi connectivity index (χ0) is 27.5. The zero-order valence-corrected chi connectivity index (χ0v) is 21.4. The number of ether oxygens (including phenoxy) is 2. The number of halogens is 4. The van der Waals surface area contributed by atoms with Gasteiger partial charge in [-0.05, 0) is 55.5 Å². The van der Waals surface area contributed by atoms with Gasteiger partial charge in [-0.15, -0.1) is 0 Å². The van der Waals surface area contributed by atoms with Gasteiger partial charge in [-0.3, -0.25) is 9.10 Å². The van der Waals surface area contributed by atoms with E-state index in [1.54, 1.807) is 31.2 Å². The Bertz CT molecular complexity index is 1480. The molecule has 1 aliphatic rings. The quantitative estimate of drug-likeness (QED) is 0.325. The van der Waals surface area contributed by atoms with E-state index in [1.807, 2.05) is 0 Å². The number of hydrazone groups is 1. The lowest BCUT2D eigenvalue weighted by Crippen LogP contribution is -2.40. The summed E-state index contributed by atoms with van der Waals surface area (Å²) in [4.78, 5) is 12.6. The molecule has 1 amide bonds. The molecule has 0 bridgehead atoms. The van der Waals surface area contributed by atoms with Crippen molar-refractivity contribution < 1.29 is 35.9 Å². The normalized spacial score (nSPS) is 13.7. The number of carbonyl (C=O) groups is 1. The molecule has 0 saturated carbocycles. The molecule has 200 valence electrons. The van der Waals surface area contributed by atoms with Crippen LogP contribution < -0.4 is 19.2 Å². The predicted molar refractivity (Wildman–Crippen MR) is 135 cm³/mol. The molecule has 8 nitrogen and oxygen atoms in total. The van der Waals surface area contributed by atoms with Crippen LogP contribution in [0.15, 0.2) is 76.7 Å². The van der Waals surface area contributed by atoms with Gasteiger partial charge in [-0.25, -0.2) is 13.8 Å². The number of rotatable bonds is 7. The molecule has 0 saturated heterocycles. The van der Waals surface area contributed by atoms with Gasteiger partial charge < -0.3 is 9.47 Å². The molecule has 0 unspecified atom stereocenters. The predicted octanol–water partition coefficient (Wildman–Crippen LogP) is 4.87. The SMILES string of the molecule is C/C(=N\NC(=O)CN(c1ccc(Cl)c(C(F)(F)F)c1)S(=O)(=O)c1ccccc1)c1ccc2c(c1)OCCO2. The Morgan fingerprint density at radius 3 is 2.39 bits per heavy atom. The minimum atomic E-state index is -4.84. The summed E-state index contributed by atoms with van der Waals surface area (Å²) >= 11 is 5.71. The number of hydrogen-bond acceptors (Lipinski definition) is 6. The van der Waals surface area contributed by atoms with Crippen molar-refractivity contribution >= 4 is 38.9 Å². The molecule has 0 aromatic heterocycles. The standard InChI is InChI=1S/C25H21ClF3N3O5S/c1-16(17-7-10-22-23(13-17)37-12-11-36-22)30-31-24(33)15-32(38(34,35)19-5-3-2-4-6-19)18-8-9-21(26)20(14-18)25(27,28)29/h2-10,13-14H,11-12,15H2,1H3,(H,31,33)/b30-16+. The molecule has 0 spiro atoms. The lowest BCUT2D eigenvalue weighted by molar-refractivity contribution is -0.137. The van der Waals surface area contributed by atoms with Crippen LogP contribution in [0.3, 0.4) is 0 Å². The van der Waals surface area contributed by atoms with Crippen molar-refractivity contribution in [2.24, 2.45) is 5.10 Å². The lowest BCUT2D eigenvalue weighted by atomic mass is 10.1. The number of carbonyl (C=O) groups excluding carboxylic acids is 1. The van der Waals surface area contributed by atoms with Crippen LogP contribution in [0.25, 0.3) is 0 Å². The second-order valence-electron chi connectivity index (χ2n) is 8.08. The first-order chi connectivity index (χ1) is 18.0. The Balaban J connectivity index is 1.62. The molecular formula is C25H21ClF3N3O5S. The van der Waals surface area contributed by atoms with Crippen LogP contribution >= 0.6 is 11.6 Å². The topological polar surface area (TPSA) is 97.3 Å². The van der Waals surface area contributed by atoms with Gasteiger partial charge in [0.05, 0.1) is 26.9 Å². The molecule has 3 aromatic rings. The van der Waals surface area contributed by atoms with Gasteiger partial charge in [-0.1, -0.05) is 29.8 Å². The van der Waals surface area contributed by atoms with Crippen molar-refractivity contribution in [3.05, 3.63) is 82.9 Å². The van der Waals surface area contributed by atoms with E-state index in [0.29, 0.717) is 46.4 Å². The Hall–Kier alpha value is -3.77. The number of fused-ring (bicyclic) bond motifs is 1. The molecule has 1 heterocycles. The van der Waals surface area contributed by atoms with E-state index in [0.717, 1.165) is 12.1 Å². The number of nitrogens with one attached hydrogen (secondary N) is 1. The fourth-order valence-corrected chi connectivity index (χ4v) is 5.22. The largest absolute Gasteiger partial charge is 0.486 e. The van der Waals surface area contributed by atoms with Crippen molar-refractivity contribution in [1.82, 2.24) is 5.43 Å². The monoisotopic (exact) mass is 567 g/mol. The number of benzene rings is 3. The molecule has 3 aromatic carbocycles. The van der Waals surface area contributed by atoms with E-state index < -0.39 is 44.9 Å². The first kappa shape index (κ1) is 27.3. The highest BCUT2D eigenvalue weighted by Crippen LogP contribution is 2.38. The summed E-state index contributed by atoms with van der Waals surface area (Å²) in [5, 5.41) is 3.40. The lowest BCUT2D eigenvalue weighted by Gasteiger charge is -2.25.